The van der Waals surface area contributed by atoms with Crippen LogP contribution in [0.4, 0.5) is 0 Å². The molecule has 6 nitrogen and oxygen atoms in total. The zero-order valence-corrected chi connectivity index (χ0v) is 16.2. The zero-order valence-electron chi connectivity index (χ0n) is 16.2. The Kier molecular flexibility index (Phi) is 6.06. The highest BCUT2D eigenvalue weighted by atomic mass is 16.5. The van der Waals surface area contributed by atoms with Crippen molar-refractivity contribution in [1.82, 2.24) is 5.32 Å². The van der Waals surface area contributed by atoms with Crippen molar-refractivity contribution in [3.8, 4) is 11.8 Å². The van der Waals surface area contributed by atoms with Gasteiger partial charge in [-0.05, 0) is 42.7 Å². The molecule has 0 bridgehead atoms. The molecule has 0 spiro atoms. The maximum atomic E-state index is 12.6. The number of esters is 1. The molecule has 2 aromatic carbocycles. The van der Waals surface area contributed by atoms with Crippen LogP contribution in [0.15, 0.2) is 36.4 Å². The average molecular weight is 368 g/mol. The third-order valence-electron chi connectivity index (χ3n) is 4.71. The van der Waals surface area contributed by atoms with Gasteiger partial charge in [0.15, 0.2) is 6.10 Å². The van der Waals surface area contributed by atoms with Gasteiger partial charge in [-0.1, -0.05) is 38.1 Å². The summed E-state index contributed by atoms with van der Waals surface area (Å²) < 4.78 is 10.6. The second-order valence-electron chi connectivity index (χ2n) is 6.91. The lowest BCUT2D eigenvalue weighted by Crippen LogP contribution is -2.52. The van der Waals surface area contributed by atoms with Gasteiger partial charge in [0.25, 0.3) is 5.91 Å². The SMILES string of the molecule is COc1cc2ccccc2cc1C(=O)O[C@H](C)C(=O)N[C@](C)(C#N)C(C)C. The maximum Gasteiger partial charge on any atom is 0.342 e. The molecule has 0 heterocycles. The van der Waals surface area contributed by atoms with Crippen molar-refractivity contribution in [3.63, 3.8) is 0 Å². The molecule has 0 radical (unpaired) electrons. The van der Waals surface area contributed by atoms with Crippen molar-refractivity contribution < 1.29 is 19.1 Å². The Morgan fingerprint density at radius 3 is 2.26 bits per heavy atom. The molecule has 0 aliphatic carbocycles. The summed E-state index contributed by atoms with van der Waals surface area (Å²) in [6.45, 7) is 6.77. The Balaban J connectivity index is 2.20. The number of nitrogens with zero attached hydrogens (tertiary/aromatic N) is 1. The summed E-state index contributed by atoms with van der Waals surface area (Å²) in [5.41, 5.74) is -0.805. The van der Waals surface area contributed by atoms with Crippen molar-refractivity contribution in [2.45, 2.75) is 39.3 Å². The number of rotatable bonds is 6. The van der Waals surface area contributed by atoms with E-state index in [2.05, 4.69) is 11.4 Å². The number of fused-ring (bicyclic) bond motifs is 1. The monoisotopic (exact) mass is 368 g/mol. The van der Waals surface area contributed by atoms with Crippen LogP contribution in [0.3, 0.4) is 0 Å². The average Bonchev–Trinajstić information content (AvgIpc) is 2.66. The second kappa shape index (κ2) is 8.09. The molecule has 1 amide bonds. The van der Waals surface area contributed by atoms with Gasteiger partial charge >= 0.3 is 5.97 Å². The van der Waals surface area contributed by atoms with Gasteiger partial charge in [-0.25, -0.2) is 4.79 Å². The molecule has 0 aliphatic heterocycles. The van der Waals surface area contributed by atoms with E-state index in [4.69, 9.17) is 9.47 Å². The van der Waals surface area contributed by atoms with Crippen molar-refractivity contribution in [1.29, 1.82) is 5.26 Å². The summed E-state index contributed by atoms with van der Waals surface area (Å²) in [6.07, 6.45) is -1.06. The molecule has 0 fully saturated rings. The van der Waals surface area contributed by atoms with E-state index < -0.39 is 23.5 Å². The summed E-state index contributed by atoms with van der Waals surface area (Å²) in [4.78, 5) is 25.0. The zero-order chi connectivity index (χ0) is 20.2. The molecule has 0 aliphatic rings. The van der Waals surface area contributed by atoms with Crippen LogP contribution in [-0.2, 0) is 9.53 Å². The number of hydrogen-bond acceptors (Lipinski definition) is 5. The Morgan fingerprint density at radius 1 is 1.15 bits per heavy atom. The fourth-order valence-corrected chi connectivity index (χ4v) is 2.48. The van der Waals surface area contributed by atoms with Crippen LogP contribution in [0.25, 0.3) is 10.8 Å². The van der Waals surface area contributed by atoms with Crippen LogP contribution in [-0.4, -0.2) is 30.6 Å². The third kappa shape index (κ3) is 4.37. The molecular weight excluding hydrogens is 344 g/mol. The Morgan fingerprint density at radius 2 is 1.74 bits per heavy atom. The summed E-state index contributed by atoms with van der Waals surface area (Å²) in [5, 5.41) is 13.8. The first-order chi connectivity index (χ1) is 12.7. The number of carbonyl (C=O) groups is 2. The second-order valence-corrected chi connectivity index (χ2v) is 6.91. The van der Waals surface area contributed by atoms with E-state index in [0.717, 1.165) is 10.8 Å². The maximum absolute atomic E-state index is 12.6. The van der Waals surface area contributed by atoms with Gasteiger partial charge in [0.1, 0.15) is 16.9 Å². The number of amides is 1. The van der Waals surface area contributed by atoms with Gasteiger partial charge in [0, 0.05) is 0 Å². The lowest BCUT2D eigenvalue weighted by molar-refractivity contribution is -0.130. The fourth-order valence-electron chi connectivity index (χ4n) is 2.48. The number of methoxy groups -OCH3 is 1. The third-order valence-corrected chi connectivity index (χ3v) is 4.71. The number of nitriles is 1. The Labute approximate surface area is 159 Å². The summed E-state index contributed by atoms with van der Waals surface area (Å²) in [6, 6.07) is 13.1. The van der Waals surface area contributed by atoms with E-state index in [1.165, 1.54) is 14.0 Å². The van der Waals surface area contributed by atoms with Gasteiger partial charge in [-0.2, -0.15) is 5.26 Å². The number of carbonyl (C=O) groups excluding carboxylic acids is 2. The molecule has 27 heavy (non-hydrogen) atoms. The quantitative estimate of drug-likeness (QED) is 0.789. The van der Waals surface area contributed by atoms with E-state index in [1.54, 1.807) is 19.1 Å². The van der Waals surface area contributed by atoms with Crippen LogP contribution >= 0.6 is 0 Å². The minimum Gasteiger partial charge on any atom is -0.496 e. The van der Waals surface area contributed by atoms with Crippen LogP contribution in [0.5, 0.6) is 5.75 Å². The molecule has 2 aromatic rings. The van der Waals surface area contributed by atoms with Crippen LogP contribution in [0.2, 0.25) is 0 Å². The topological polar surface area (TPSA) is 88.4 Å². The van der Waals surface area contributed by atoms with Gasteiger partial charge in [0.2, 0.25) is 0 Å². The van der Waals surface area contributed by atoms with Crippen molar-refractivity contribution in [3.05, 3.63) is 42.0 Å². The Hall–Kier alpha value is -3.07. The molecule has 1 N–H and O–H groups in total. The number of ether oxygens (including phenoxy) is 2. The first-order valence-corrected chi connectivity index (χ1v) is 8.73. The molecule has 6 heteroatoms. The summed E-state index contributed by atoms with van der Waals surface area (Å²) in [5.74, 6) is -0.922. The highest BCUT2D eigenvalue weighted by molar-refractivity contribution is 5.99. The molecule has 0 aromatic heterocycles. The van der Waals surface area contributed by atoms with E-state index in [-0.39, 0.29) is 11.5 Å². The van der Waals surface area contributed by atoms with Gasteiger partial charge < -0.3 is 14.8 Å². The Bertz CT molecular complexity index is 901. The molecule has 0 unspecified atom stereocenters. The first kappa shape index (κ1) is 20.2. The molecule has 2 atom stereocenters. The lowest BCUT2D eigenvalue weighted by atomic mass is 9.90. The number of benzene rings is 2. The number of nitrogens with one attached hydrogen (secondary N) is 1. The highest BCUT2D eigenvalue weighted by Crippen LogP contribution is 2.27. The van der Waals surface area contributed by atoms with E-state index in [1.807, 2.05) is 38.1 Å². The van der Waals surface area contributed by atoms with Crippen LogP contribution in [0, 0.1) is 17.2 Å². The highest BCUT2D eigenvalue weighted by Gasteiger charge is 2.33. The first-order valence-electron chi connectivity index (χ1n) is 8.73. The fraction of sp³-hybridized carbons (Fsp3) is 0.381. The van der Waals surface area contributed by atoms with Gasteiger partial charge in [-0.15, -0.1) is 0 Å². The normalized spacial score (nSPS) is 14.1. The van der Waals surface area contributed by atoms with E-state index >= 15 is 0 Å². The molecular formula is C21H24N2O4. The van der Waals surface area contributed by atoms with Crippen LogP contribution in [0.1, 0.15) is 38.1 Å². The number of hydrogen-bond donors (Lipinski definition) is 1. The van der Waals surface area contributed by atoms with E-state index in [9.17, 15) is 14.9 Å². The van der Waals surface area contributed by atoms with Crippen molar-refractivity contribution in [2.75, 3.05) is 7.11 Å². The lowest BCUT2D eigenvalue weighted by Gasteiger charge is -2.28. The predicted molar refractivity (Wildman–Crippen MR) is 102 cm³/mol. The summed E-state index contributed by atoms with van der Waals surface area (Å²) >= 11 is 0. The predicted octanol–water partition coefficient (Wildman–Crippen LogP) is 3.45. The largest absolute Gasteiger partial charge is 0.496 e. The molecule has 0 saturated heterocycles. The molecule has 2 rings (SSSR count). The smallest absolute Gasteiger partial charge is 0.342 e. The molecule has 0 saturated carbocycles. The van der Waals surface area contributed by atoms with Gasteiger partial charge in [0.05, 0.1) is 13.2 Å². The minimum atomic E-state index is -1.06. The summed E-state index contributed by atoms with van der Waals surface area (Å²) in [7, 11) is 1.47. The van der Waals surface area contributed by atoms with Gasteiger partial charge in [-0.3, -0.25) is 4.79 Å². The van der Waals surface area contributed by atoms with Crippen LogP contribution < -0.4 is 10.1 Å². The van der Waals surface area contributed by atoms with E-state index in [0.29, 0.717) is 5.75 Å². The standard InChI is InChI=1S/C21H24N2O4/c1-13(2)21(4,12-22)23-19(24)14(3)27-20(25)17-10-15-8-6-7-9-16(15)11-18(17)26-5/h6-11,13-14H,1-5H3,(H,23,24)/t14-,21-/m1/s1. The molecule has 142 valence electrons. The minimum absolute atomic E-state index is 0.102. The van der Waals surface area contributed by atoms with Crippen molar-refractivity contribution in [2.24, 2.45) is 5.92 Å². The van der Waals surface area contributed by atoms with Crippen molar-refractivity contribution >= 4 is 22.6 Å².